The third-order valence-electron chi connectivity index (χ3n) is 4.07. The fourth-order valence-corrected chi connectivity index (χ4v) is 4.22. The fourth-order valence-electron chi connectivity index (χ4n) is 2.59. The van der Waals surface area contributed by atoms with Crippen LogP contribution in [0.2, 0.25) is 5.02 Å². The van der Waals surface area contributed by atoms with Gasteiger partial charge >= 0.3 is 0 Å². The lowest BCUT2D eigenvalue weighted by Crippen LogP contribution is -2.30. The highest BCUT2D eigenvalue weighted by Gasteiger charge is 2.20. The summed E-state index contributed by atoms with van der Waals surface area (Å²) in [5.74, 6) is 0.137. The first-order valence-corrected chi connectivity index (χ1v) is 10.6. The Balaban J connectivity index is 2.11. The Labute approximate surface area is 170 Å². The van der Waals surface area contributed by atoms with E-state index in [2.05, 4.69) is 5.32 Å². The number of carbonyl (C=O) groups excluding carboxylic acids is 1. The Morgan fingerprint density at radius 2 is 1.79 bits per heavy atom. The molecule has 0 saturated carbocycles. The van der Waals surface area contributed by atoms with E-state index < -0.39 is 10.0 Å². The zero-order valence-electron chi connectivity index (χ0n) is 16.0. The normalized spacial score (nSPS) is 11.8. The second kappa shape index (κ2) is 9.73. The maximum absolute atomic E-state index is 12.5. The summed E-state index contributed by atoms with van der Waals surface area (Å²) in [6, 6.07) is 11.3. The molecule has 0 aliphatic carbocycles. The van der Waals surface area contributed by atoms with Crippen LogP contribution in [0.5, 0.6) is 5.75 Å². The van der Waals surface area contributed by atoms with Crippen molar-refractivity contribution in [3.8, 4) is 5.75 Å². The van der Waals surface area contributed by atoms with Gasteiger partial charge in [0.2, 0.25) is 15.9 Å². The molecule has 0 aliphatic rings. The molecular weight excluding hydrogens is 400 g/mol. The van der Waals surface area contributed by atoms with Crippen molar-refractivity contribution in [2.24, 2.45) is 0 Å². The van der Waals surface area contributed by atoms with E-state index in [1.165, 1.54) is 29.6 Å². The topological polar surface area (TPSA) is 75.7 Å². The summed E-state index contributed by atoms with van der Waals surface area (Å²) in [5, 5.41) is 3.18. The molecule has 0 bridgehead atoms. The van der Waals surface area contributed by atoms with Crippen molar-refractivity contribution in [1.29, 1.82) is 0 Å². The number of rotatable bonds is 8. The monoisotopic (exact) mass is 422 g/mol. The van der Waals surface area contributed by atoms with E-state index in [4.69, 9.17) is 16.3 Å². The molecule has 1 amide bonds. The molecule has 0 fully saturated rings. The summed E-state index contributed by atoms with van der Waals surface area (Å²) in [5.41, 5.74) is 1.16. The second-order valence-electron chi connectivity index (χ2n) is 5.83. The minimum Gasteiger partial charge on any atom is -0.495 e. The van der Waals surface area contributed by atoms with Crippen molar-refractivity contribution in [3.05, 3.63) is 59.1 Å². The van der Waals surface area contributed by atoms with Crippen molar-refractivity contribution in [1.82, 2.24) is 4.31 Å². The number of amides is 1. The standard InChI is InChI=1S/C20H23ClN2O4S/c1-4-23(5-2)28(25,26)17-10-6-15(7-11-17)8-13-20(24)22-18-14-16(21)9-12-19(18)27-3/h6-14H,4-5H2,1-3H3,(H,22,24)/b13-8+. The van der Waals surface area contributed by atoms with Crippen molar-refractivity contribution in [2.45, 2.75) is 18.7 Å². The lowest BCUT2D eigenvalue weighted by Gasteiger charge is -2.18. The lowest BCUT2D eigenvalue weighted by atomic mass is 10.2. The number of nitrogens with zero attached hydrogens (tertiary/aromatic N) is 1. The van der Waals surface area contributed by atoms with E-state index in [1.54, 1.807) is 50.3 Å². The summed E-state index contributed by atoms with van der Waals surface area (Å²) >= 11 is 5.95. The van der Waals surface area contributed by atoms with Crippen LogP contribution in [0, 0.1) is 0 Å². The lowest BCUT2D eigenvalue weighted by molar-refractivity contribution is -0.111. The van der Waals surface area contributed by atoms with Gasteiger partial charge in [0.05, 0.1) is 17.7 Å². The number of methoxy groups -OCH3 is 1. The molecule has 6 nitrogen and oxygen atoms in total. The van der Waals surface area contributed by atoms with Gasteiger partial charge in [-0.25, -0.2) is 8.42 Å². The summed E-state index contributed by atoms with van der Waals surface area (Å²) in [7, 11) is -2.00. The third-order valence-corrected chi connectivity index (χ3v) is 6.37. The number of hydrogen-bond donors (Lipinski definition) is 1. The molecule has 0 aromatic heterocycles. The van der Waals surface area contributed by atoms with E-state index in [1.807, 2.05) is 0 Å². The number of ether oxygens (including phenoxy) is 1. The smallest absolute Gasteiger partial charge is 0.248 e. The van der Waals surface area contributed by atoms with Crippen molar-refractivity contribution in [2.75, 3.05) is 25.5 Å². The van der Waals surface area contributed by atoms with Gasteiger partial charge in [-0.2, -0.15) is 4.31 Å². The average molecular weight is 423 g/mol. The first kappa shape index (κ1) is 21.9. The Bertz CT molecular complexity index is 953. The van der Waals surface area contributed by atoms with E-state index in [9.17, 15) is 13.2 Å². The van der Waals surface area contributed by atoms with Crippen LogP contribution in [0.1, 0.15) is 19.4 Å². The summed E-state index contributed by atoms with van der Waals surface area (Å²) in [6.45, 7) is 4.42. The van der Waals surface area contributed by atoms with Crippen molar-refractivity contribution in [3.63, 3.8) is 0 Å². The molecule has 0 unspecified atom stereocenters. The highest BCUT2D eigenvalue weighted by atomic mass is 35.5. The Morgan fingerprint density at radius 1 is 1.14 bits per heavy atom. The van der Waals surface area contributed by atoms with Crippen LogP contribution in [0.25, 0.3) is 6.08 Å². The van der Waals surface area contributed by atoms with Crippen LogP contribution < -0.4 is 10.1 Å². The van der Waals surface area contributed by atoms with E-state index >= 15 is 0 Å². The molecule has 0 saturated heterocycles. The van der Waals surface area contributed by atoms with Gasteiger partial charge < -0.3 is 10.1 Å². The number of anilines is 1. The molecule has 0 spiro atoms. The maximum atomic E-state index is 12.5. The summed E-state index contributed by atoms with van der Waals surface area (Å²) < 4.78 is 31.5. The van der Waals surface area contributed by atoms with E-state index in [0.717, 1.165) is 0 Å². The zero-order chi connectivity index (χ0) is 20.7. The maximum Gasteiger partial charge on any atom is 0.248 e. The van der Waals surface area contributed by atoms with Gasteiger partial charge in [0.25, 0.3) is 0 Å². The fraction of sp³-hybridized carbons (Fsp3) is 0.250. The second-order valence-corrected chi connectivity index (χ2v) is 8.20. The molecule has 2 rings (SSSR count). The number of hydrogen-bond acceptors (Lipinski definition) is 4. The predicted octanol–water partition coefficient (Wildman–Crippen LogP) is 4.03. The Morgan fingerprint density at radius 3 is 2.36 bits per heavy atom. The van der Waals surface area contributed by atoms with Crippen LogP contribution in [-0.4, -0.2) is 38.8 Å². The zero-order valence-corrected chi connectivity index (χ0v) is 17.5. The molecule has 2 aromatic carbocycles. The number of carbonyl (C=O) groups is 1. The van der Waals surface area contributed by atoms with E-state index in [0.29, 0.717) is 35.1 Å². The Kier molecular flexibility index (Phi) is 7.62. The van der Waals surface area contributed by atoms with Crippen molar-refractivity contribution < 1.29 is 17.9 Å². The first-order valence-electron chi connectivity index (χ1n) is 8.74. The van der Waals surface area contributed by atoms with Gasteiger partial charge in [-0.1, -0.05) is 37.6 Å². The molecule has 1 N–H and O–H groups in total. The molecule has 8 heteroatoms. The van der Waals surface area contributed by atoms with Crippen LogP contribution in [0.4, 0.5) is 5.69 Å². The molecule has 0 aliphatic heterocycles. The molecule has 0 atom stereocenters. The molecule has 0 radical (unpaired) electrons. The highest BCUT2D eigenvalue weighted by molar-refractivity contribution is 7.89. The summed E-state index contributed by atoms with van der Waals surface area (Å²) in [6.07, 6.45) is 2.95. The minimum atomic E-state index is -3.50. The number of benzene rings is 2. The third kappa shape index (κ3) is 5.34. The summed E-state index contributed by atoms with van der Waals surface area (Å²) in [4.78, 5) is 12.4. The van der Waals surface area contributed by atoms with Crippen LogP contribution in [0.3, 0.4) is 0 Å². The number of nitrogens with one attached hydrogen (secondary N) is 1. The van der Waals surface area contributed by atoms with Crippen molar-refractivity contribution >= 4 is 39.3 Å². The molecular formula is C20H23ClN2O4S. The molecule has 28 heavy (non-hydrogen) atoms. The van der Waals surface area contributed by atoms with Crippen LogP contribution in [0.15, 0.2) is 53.4 Å². The SMILES string of the molecule is CCN(CC)S(=O)(=O)c1ccc(/C=C/C(=O)Nc2cc(Cl)ccc2OC)cc1. The van der Waals surface area contributed by atoms with Crippen LogP contribution >= 0.6 is 11.6 Å². The van der Waals surface area contributed by atoms with Gasteiger partial charge in [0.15, 0.2) is 0 Å². The van der Waals surface area contributed by atoms with Gasteiger partial charge in [-0.05, 0) is 42.0 Å². The van der Waals surface area contributed by atoms with Gasteiger partial charge in [0.1, 0.15) is 5.75 Å². The molecule has 0 heterocycles. The van der Waals surface area contributed by atoms with Gasteiger partial charge in [0, 0.05) is 24.2 Å². The number of sulfonamides is 1. The van der Waals surface area contributed by atoms with E-state index in [-0.39, 0.29) is 10.8 Å². The number of halogens is 1. The van der Waals surface area contributed by atoms with Crippen LogP contribution in [-0.2, 0) is 14.8 Å². The largest absolute Gasteiger partial charge is 0.495 e. The molecule has 150 valence electrons. The predicted molar refractivity (Wildman–Crippen MR) is 112 cm³/mol. The quantitative estimate of drug-likeness (QED) is 0.651. The average Bonchev–Trinajstić information content (AvgIpc) is 2.67. The minimum absolute atomic E-state index is 0.224. The first-order chi connectivity index (χ1) is 13.3. The van der Waals surface area contributed by atoms with Gasteiger partial charge in [-0.15, -0.1) is 0 Å². The van der Waals surface area contributed by atoms with Gasteiger partial charge in [-0.3, -0.25) is 4.79 Å². The molecule has 2 aromatic rings. The Hall–Kier alpha value is -2.35. The highest BCUT2D eigenvalue weighted by Crippen LogP contribution is 2.27.